The number of rotatable bonds is 9. The maximum Gasteiger partial charge on any atom is 0.303 e. The lowest BCUT2D eigenvalue weighted by atomic mass is 9.99. The van der Waals surface area contributed by atoms with Gasteiger partial charge in [0.1, 0.15) is 0 Å². The van der Waals surface area contributed by atoms with Gasteiger partial charge in [-0.3, -0.25) is 9.59 Å². The third-order valence-corrected chi connectivity index (χ3v) is 2.56. The zero-order valence-corrected chi connectivity index (χ0v) is 10.0. The first-order valence-electron chi connectivity index (χ1n) is 5.75. The van der Waals surface area contributed by atoms with Crippen LogP contribution in [-0.2, 0) is 9.59 Å². The Bertz CT molecular complexity index is 231. The quantitative estimate of drug-likeness (QED) is 0.544. The van der Waals surface area contributed by atoms with Gasteiger partial charge in [0.2, 0.25) is 5.91 Å². The van der Waals surface area contributed by atoms with Crippen LogP contribution >= 0.6 is 0 Å². The van der Waals surface area contributed by atoms with Crippen molar-refractivity contribution in [2.75, 3.05) is 6.54 Å². The van der Waals surface area contributed by atoms with E-state index >= 15 is 0 Å². The summed E-state index contributed by atoms with van der Waals surface area (Å²) < 4.78 is 0. The molecule has 2 unspecified atom stereocenters. The number of amides is 1. The minimum absolute atomic E-state index is 0.0656. The number of primary amides is 1. The maximum atomic E-state index is 11.0. The van der Waals surface area contributed by atoms with Crippen molar-refractivity contribution >= 4 is 11.9 Å². The van der Waals surface area contributed by atoms with Crippen LogP contribution in [0.5, 0.6) is 0 Å². The van der Waals surface area contributed by atoms with Gasteiger partial charge in [-0.15, -0.1) is 0 Å². The van der Waals surface area contributed by atoms with Gasteiger partial charge in [-0.05, 0) is 25.3 Å². The van der Waals surface area contributed by atoms with Gasteiger partial charge in [0.05, 0.1) is 6.04 Å². The largest absolute Gasteiger partial charge is 0.481 e. The van der Waals surface area contributed by atoms with Crippen molar-refractivity contribution in [3.63, 3.8) is 0 Å². The van der Waals surface area contributed by atoms with Crippen molar-refractivity contribution < 1.29 is 14.7 Å². The summed E-state index contributed by atoms with van der Waals surface area (Å²) in [7, 11) is 0. The molecule has 5 heteroatoms. The third kappa shape index (κ3) is 6.40. The zero-order valence-electron chi connectivity index (χ0n) is 10.0. The highest BCUT2D eigenvalue weighted by Crippen LogP contribution is 2.10. The highest BCUT2D eigenvalue weighted by atomic mass is 16.4. The van der Waals surface area contributed by atoms with Crippen molar-refractivity contribution in [2.24, 2.45) is 11.7 Å². The molecule has 0 aliphatic rings. The lowest BCUT2D eigenvalue weighted by Gasteiger charge is -2.18. The molecule has 0 aliphatic heterocycles. The van der Waals surface area contributed by atoms with Crippen molar-refractivity contribution in [3.05, 3.63) is 0 Å². The topological polar surface area (TPSA) is 92.4 Å². The molecule has 0 aromatic carbocycles. The molecule has 0 saturated carbocycles. The second-order valence-electron chi connectivity index (χ2n) is 4.02. The zero-order chi connectivity index (χ0) is 12.6. The molecular weight excluding hydrogens is 208 g/mol. The molecule has 0 aromatic rings. The van der Waals surface area contributed by atoms with E-state index in [1.54, 1.807) is 0 Å². The number of hydrogen-bond donors (Lipinski definition) is 3. The molecule has 0 spiro atoms. The predicted octanol–water partition coefficient (Wildman–Crippen LogP) is 0.731. The number of nitrogens with two attached hydrogens (primary N) is 1. The summed E-state index contributed by atoms with van der Waals surface area (Å²) in [5.41, 5.74) is 5.19. The van der Waals surface area contributed by atoms with E-state index in [-0.39, 0.29) is 24.3 Å². The number of carboxylic acid groups (broad SMARTS) is 1. The van der Waals surface area contributed by atoms with E-state index in [2.05, 4.69) is 5.32 Å². The summed E-state index contributed by atoms with van der Waals surface area (Å²) >= 11 is 0. The Morgan fingerprint density at radius 3 is 2.38 bits per heavy atom. The van der Waals surface area contributed by atoms with E-state index in [0.29, 0.717) is 13.0 Å². The molecule has 0 rings (SSSR count). The Morgan fingerprint density at radius 1 is 1.38 bits per heavy atom. The Balaban J connectivity index is 4.08. The van der Waals surface area contributed by atoms with E-state index in [1.165, 1.54) is 0 Å². The van der Waals surface area contributed by atoms with Crippen LogP contribution in [0.25, 0.3) is 0 Å². The standard InChI is InChI=1S/C11H22N2O3/c1-3-5-8(6-10(14)15)7-13-9(4-2)11(12)16/h8-9,13H,3-7H2,1-2H3,(H2,12,16)(H,14,15). The Hall–Kier alpha value is -1.10. The molecule has 2 atom stereocenters. The molecule has 4 N–H and O–H groups in total. The second-order valence-corrected chi connectivity index (χ2v) is 4.02. The summed E-state index contributed by atoms with van der Waals surface area (Å²) in [6.45, 7) is 4.41. The van der Waals surface area contributed by atoms with Gasteiger partial charge in [0.25, 0.3) is 0 Å². The van der Waals surface area contributed by atoms with E-state index in [1.807, 2.05) is 13.8 Å². The van der Waals surface area contributed by atoms with Crippen molar-refractivity contribution in [3.8, 4) is 0 Å². The van der Waals surface area contributed by atoms with Crippen LogP contribution in [-0.4, -0.2) is 29.6 Å². The molecule has 0 fully saturated rings. The SMILES string of the molecule is CCCC(CNC(CC)C(N)=O)CC(=O)O. The van der Waals surface area contributed by atoms with Gasteiger partial charge in [0.15, 0.2) is 0 Å². The monoisotopic (exact) mass is 230 g/mol. The Morgan fingerprint density at radius 2 is 2.00 bits per heavy atom. The van der Waals surface area contributed by atoms with Crippen LogP contribution < -0.4 is 11.1 Å². The summed E-state index contributed by atoms with van der Waals surface area (Å²) in [4.78, 5) is 21.6. The minimum atomic E-state index is -0.799. The highest BCUT2D eigenvalue weighted by molar-refractivity contribution is 5.79. The number of carbonyl (C=O) groups excluding carboxylic acids is 1. The van der Waals surface area contributed by atoms with Crippen LogP contribution in [0.3, 0.4) is 0 Å². The summed E-state index contributed by atoms with van der Waals surface area (Å²) in [6, 6.07) is -0.354. The smallest absolute Gasteiger partial charge is 0.303 e. The molecular formula is C11H22N2O3. The average molecular weight is 230 g/mol. The molecule has 0 aromatic heterocycles. The molecule has 5 nitrogen and oxygen atoms in total. The van der Waals surface area contributed by atoms with E-state index in [0.717, 1.165) is 12.8 Å². The fourth-order valence-corrected chi connectivity index (χ4v) is 1.69. The number of nitrogens with one attached hydrogen (secondary N) is 1. The first-order chi connectivity index (χ1) is 7.51. The minimum Gasteiger partial charge on any atom is -0.481 e. The van der Waals surface area contributed by atoms with Crippen LogP contribution in [0.15, 0.2) is 0 Å². The first kappa shape index (κ1) is 14.9. The van der Waals surface area contributed by atoms with Gasteiger partial charge in [-0.2, -0.15) is 0 Å². The normalized spacial score (nSPS) is 14.4. The van der Waals surface area contributed by atoms with Gasteiger partial charge >= 0.3 is 5.97 Å². The van der Waals surface area contributed by atoms with Crippen molar-refractivity contribution in [1.82, 2.24) is 5.32 Å². The summed E-state index contributed by atoms with van der Waals surface area (Å²) in [6.07, 6.45) is 2.54. The molecule has 1 amide bonds. The Kier molecular flexibility index (Phi) is 7.54. The van der Waals surface area contributed by atoms with Gasteiger partial charge in [-0.1, -0.05) is 20.3 Å². The first-order valence-corrected chi connectivity index (χ1v) is 5.75. The molecule has 0 bridgehead atoms. The lowest BCUT2D eigenvalue weighted by molar-refractivity contribution is -0.138. The van der Waals surface area contributed by atoms with Crippen LogP contribution in [0.4, 0.5) is 0 Å². The molecule has 0 heterocycles. The lowest BCUT2D eigenvalue weighted by Crippen LogP contribution is -2.43. The van der Waals surface area contributed by atoms with Crippen molar-refractivity contribution in [2.45, 2.75) is 45.6 Å². The second kappa shape index (κ2) is 8.10. The molecule has 0 radical (unpaired) electrons. The van der Waals surface area contributed by atoms with Gasteiger partial charge in [-0.25, -0.2) is 0 Å². The summed E-state index contributed by atoms with van der Waals surface area (Å²) in [5, 5.41) is 11.7. The van der Waals surface area contributed by atoms with Crippen LogP contribution in [0.2, 0.25) is 0 Å². The molecule has 16 heavy (non-hydrogen) atoms. The number of aliphatic carboxylic acids is 1. The van der Waals surface area contributed by atoms with E-state index in [9.17, 15) is 9.59 Å². The van der Waals surface area contributed by atoms with Gasteiger partial charge < -0.3 is 16.2 Å². The third-order valence-electron chi connectivity index (χ3n) is 2.56. The molecule has 94 valence electrons. The van der Waals surface area contributed by atoms with Crippen LogP contribution in [0, 0.1) is 5.92 Å². The highest BCUT2D eigenvalue weighted by Gasteiger charge is 2.16. The van der Waals surface area contributed by atoms with E-state index in [4.69, 9.17) is 10.8 Å². The summed E-state index contributed by atoms with van der Waals surface area (Å²) in [5.74, 6) is -1.11. The van der Waals surface area contributed by atoms with Gasteiger partial charge in [0, 0.05) is 6.42 Å². The average Bonchev–Trinajstić information content (AvgIpc) is 2.17. The number of carbonyl (C=O) groups is 2. The Labute approximate surface area is 96.4 Å². The number of carboxylic acids is 1. The fourth-order valence-electron chi connectivity index (χ4n) is 1.69. The molecule has 0 aliphatic carbocycles. The fraction of sp³-hybridized carbons (Fsp3) is 0.818. The van der Waals surface area contributed by atoms with E-state index < -0.39 is 5.97 Å². The van der Waals surface area contributed by atoms with Crippen molar-refractivity contribution in [1.29, 1.82) is 0 Å². The van der Waals surface area contributed by atoms with Crippen LogP contribution in [0.1, 0.15) is 39.5 Å². The predicted molar refractivity (Wildman–Crippen MR) is 61.9 cm³/mol. The molecule has 0 saturated heterocycles. The number of hydrogen-bond acceptors (Lipinski definition) is 3. The maximum absolute atomic E-state index is 11.0.